The smallest absolute Gasteiger partial charge is 0.0478 e. The van der Waals surface area contributed by atoms with Crippen molar-refractivity contribution < 1.29 is 4.74 Å². The molecule has 102 valence electrons. The topological polar surface area (TPSA) is 21.3 Å². The number of nitrogens with one attached hydrogen (secondary N) is 1. The minimum absolute atomic E-state index is 0.786. The fraction of sp³-hybridized carbons (Fsp3) is 1.00. The minimum atomic E-state index is 0.786. The largest absolute Gasteiger partial charge is 0.381 e. The quantitative estimate of drug-likeness (QED) is 0.621. The van der Waals surface area contributed by atoms with Crippen LogP contribution in [0.1, 0.15) is 65.2 Å². The first-order valence-electron chi connectivity index (χ1n) is 7.68. The normalized spacial score (nSPS) is 25.1. The van der Waals surface area contributed by atoms with Crippen LogP contribution in [0.15, 0.2) is 0 Å². The van der Waals surface area contributed by atoms with Crippen LogP contribution in [0.5, 0.6) is 0 Å². The van der Waals surface area contributed by atoms with Crippen LogP contribution in [0.25, 0.3) is 0 Å². The van der Waals surface area contributed by atoms with Crippen molar-refractivity contribution in [2.75, 3.05) is 19.8 Å². The minimum Gasteiger partial charge on any atom is -0.381 e. The van der Waals surface area contributed by atoms with Gasteiger partial charge in [0.05, 0.1) is 0 Å². The van der Waals surface area contributed by atoms with Crippen molar-refractivity contribution in [2.24, 2.45) is 5.92 Å². The molecule has 1 N–H and O–H groups in total. The Kier molecular flexibility index (Phi) is 8.72. The van der Waals surface area contributed by atoms with Crippen LogP contribution in [0.3, 0.4) is 0 Å². The van der Waals surface area contributed by atoms with Crippen molar-refractivity contribution in [3.63, 3.8) is 0 Å². The van der Waals surface area contributed by atoms with Gasteiger partial charge in [0.1, 0.15) is 0 Å². The van der Waals surface area contributed by atoms with E-state index in [-0.39, 0.29) is 0 Å². The predicted octanol–water partition coefficient (Wildman–Crippen LogP) is 3.75. The zero-order valence-corrected chi connectivity index (χ0v) is 11.8. The summed E-state index contributed by atoms with van der Waals surface area (Å²) in [7, 11) is 0. The number of ether oxygens (including phenoxy) is 1. The molecule has 0 saturated heterocycles. The van der Waals surface area contributed by atoms with Gasteiger partial charge >= 0.3 is 0 Å². The Morgan fingerprint density at radius 2 is 1.71 bits per heavy atom. The van der Waals surface area contributed by atoms with Crippen LogP contribution in [-0.2, 0) is 4.74 Å². The molecule has 0 spiro atoms. The Labute approximate surface area is 108 Å². The first-order chi connectivity index (χ1) is 8.36. The second kappa shape index (κ2) is 9.90. The van der Waals surface area contributed by atoms with Crippen molar-refractivity contribution >= 4 is 0 Å². The van der Waals surface area contributed by atoms with Gasteiger partial charge in [-0.25, -0.2) is 0 Å². The van der Waals surface area contributed by atoms with Gasteiger partial charge < -0.3 is 10.1 Å². The Morgan fingerprint density at radius 3 is 2.35 bits per heavy atom. The van der Waals surface area contributed by atoms with Gasteiger partial charge in [-0.2, -0.15) is 0 Å². The second-order valence-electron chi connectivity index (χ2n) is 5.40. The van der Waals surface area contributed by atoms with Crippen molar-refractivity contribution in [3.05, 3.63) is 0 Å². The van der Waals surface area contributed by atoms with Gasteiger partial charge in [-0.3, -0.25) is 0 Å². The van der Waals surface area contributed by atoms with Gasteiger partial charge in [-0.15, -0.1) is 0 Å². The highest BCUT2D eigenvalue weighted by atomic mass is 16.5. The highest BCUT2D eigenvalue weighted by Crippen LogP contribution is 2.26. The van der Waals surface area contributed by atoms with Crippen LogP contribution in [0, 0.1) is 5.92 Å². The van der Waals surface area contributed by atoms with E-state index < -0.39 is 0 Å². The lowest BCUT2D eigenvalue weighted by Crippen LogP contribution is -2.34. The second-order valence-corrected chi connectivity index (χ2v) is 5.40. The molecule has 1 saturated carbocycles. The third kappa shape index (κ3) is 7.05. The molecule has 2 heteroatoms. The average molecular weight is 241 g/mol. The molecule has 0 radical (unpaired) electrons. The fourth-order valence-electron chi connectivity index (χ4n) is 2.60. The van der Waals surface area contributed by atoms with E-state index in [2.05, 4.69) is 19.2 Å². The molecule has 0 aromatic carbocycles. The summed E-state index contributed by atoms with van der Waals surface area (Å²) in [5.41, 5.74) is 0. The number of hydrogen-bond acceptors (Lipinski definition) is 2. The number of hydrogen-bond donors (Lipinski definition) is 1. The lowest BCUT2D eigenvalue weighted by molar-refractivity contribution is 0.127. The summed E-state index contributed by atoms with van der Waals surface area (Å²) in [6.45, 7) is 7.53. The summed E-state index contributed by atoms with van der Waals surface area (Å²) in [6, 6.07) is 0.786. The molecule has 1 aliphatic rings. The summed E-state index contributed by atoms with van der Waals surface area (Å²) in [6.07, 6.45) is 10.6. The maximum absolute atomic E-state index is 5.56. The molecular formula is C15H31NO. The van der Waals surface area contributed by atoms with Gasteiger partial charge in [-0.1, -0.05) is 26.7 Å². The molecule has 0 bridgehead atoms. The molecule has 1 aliphatic carbocycles. The van der Waals surface area contributed by atoms with Crippen LogP contribution in [0.2, 0.25) is 0 Å². The average Bonchev–Trinajstić information content (AvgIpc) is 2.38. The first kappa shape index (κ1) is 15.0. The third-order valence-electron chi connectivity index (χ3n) is 3.96. The van der Waals surface area contributed by atoms with Gasteiger partial charge in [0.2, 0.25) is 0 Å². The summed E-state index contributed by atoms with van der Waals surface area (Å²) in [5.74, 6) is 1.01. The van der Waals surface area contributed by atoms with Gasteiger partial charge in [0.15, 0.2) is 0 Å². The van der Waals surface area contributed by atoms with E-state index in [9.17, 15) is 0 Å². The van der Waals surface area contributed by atoms with Crippen LogP contribution in [0.4, 0.5) is 0 Å². The van der Waals surface area contributed by atoms with Crippen molar-refractivity contribution in [2.45, 2.75) is 71.3 Å². The number of rotatable bonds is 9. The van der Waals surface area contributed by atoms with E-state index in [4.69, 9.17) is 4.74 Å². The fourth-order valence-corrected chi connectivity index (χ4v) is 2.60. The maximum atomic E-state index is 5.56. The summed E-state index contributed by atoms with van der Waals surface area (Å²) in [4.78, 5) is 0. The van der Waals surface area contributed by atoms with Crippen molar-refractivity contribution in [1.29, 1.82) is 0 Å². The monoisotopic (exact) mass is 241 g/mol. The van der Waals surface area contributed by atoms with Crippen LogP contribution in [-0.4, -0.2) is 25.8 Å². The van der Waals surface area contributed by atoms with Gasteiger partial charge in [0.25, 0.3) is 0 Å². The molecule has 0 unspecified atom stereocenters. The lowest BCUT2D eigenvalue weighted by Gasteiger charge is -2.28. The molecule has 0 atom stereocenters. The van der Waals surface area contributed by atoms with E-state index in [0.717, 1.165) is 38.1 Å². The van der Waals surface area contributed by atoms with Gasteiger partial charge in [0, 0.05) is 19.3 Å². The van der Waals surface area contributed by atoms with Crippen molar-refractivity contribution in [1.82, 2.24) is 5.32 Å². The zero-order valence-electron chi connectivity index (χ0n) is 11.8. The molecule has 2 nitrogen and oxygen atoms in total. The van der Waals surface area contributed by atoms with Crippen LogP contribution >= 0.6 is 0 Å². The van der Waals surface area contributed by atoms with Crippen molar-refractivity contribution in [3.8, 4) is 0 Å². The van der Waals surface area contributed by atoms with Crippen LogP contribution < -0.4 is 5.32 Å². The Balaban J connectivity index is 1.87. The van der Waals surface area contributed by atoms with E-state index in [0.29, 0.717) is 0 Å². The van der Waals surface area contributed by atoms with Gasteiger partial charge in [-0.05, 0) is 51.0 Å². The molecular weight excluding hydrogens is 210 g/mol. The molecule has 0 aliphatic heterocycles. The highest BCUT2D eigenvalue weighted by Gasteiger charge is 2.18. The zero-order chi connectivity index (χ0) is 12.3. The van der Waals surface area contributed by atoms with E-state index in [1.54, 1.807) is 0 Å². The van der Waals surface area contributed by atoms with E-state index >= 15 is 0 Å². The molecule has 0 aromatic rings. The molecule has 17 heavy (non-hydrogen) atoms. The Bertz CT molecular complexity index is 164. The first-order valence-corrected chi connectivity index (χ1v) is 7.68. The third-order valence-corrected chi connectivity index (χ3v) is 3.96. The predicted molar refractivity (Wildman–Crippen MR) is 74.4 cm³/mol. The summed E-state index contributed by atoms with van der Waals surface area (Å²) >= 11 is 0. The molecule has 1 rings (SSSR count). The molecule has 0 amide bonds. The van der Waals surface area contributed by atoms with E-state index in [1.165, 1.54) is 44.9 Å². The summed E-state index contributed by atoms with van der Waals surface area (Å²) in [5, 5.41) is 3.68. The highest BCUT2D eigenvalue weighted by molar-refractivity contribution is 4.76. The summed E-state index contributed by atoms with van der Waals surface area (Å²) < 4.78 is 5.56. The molecule has 0 aromatic heterocycles. The standard InChI is InChI=1S/C15H31NO/c1-3-5-12-17-13-6-11-16-15-9-7-14(4-2)8-10-15/h14-16H,3-13H2,1-2H3. The Morgan fingerprint density at radius 1 is 1.00 bits per heavy atom. The SMILES string of the molecule is CCCCOCCCNC1CCC(CC)CC1. The lowest BCUT2D eigenvalue weighted by atomic mass is 9.84. The molecule has 1 fully saturated rings. The number of unbranched alkanes of at least 4 members (excludes halogenated alkanes) is 1. The Hall–Kier alpha value is -0.0800. The maximum Gasteiger partial charge on any atom is 0.0478 e. The molecule has 0 heterocycles. The van der Waals surface area contributed by atoms with E-state index in [1.807, 2.05) is 0 Å².